The molecule has 1 N–H and O–H groups in total. The van der Waals surface area contributed by atoms with Crippen LogP contribution in [0.2, 0.25) is 0 Å². The summed E-state index contributed by atoms with van der Waals surface area (Å²) in [7, 11) is 0. The van der Waals surface area contributed by atoms with E-state index in [0.717, 1.165) is 50.1 Å². The van der Waals surface area contributed by atoms with Crippen LogP contribution in [0.25, 0.3) is 61.3 Å². The van der Waals surface area contributed by atoms with Gasteiger partial charge in [-0.2, -0.15) is 0 Å². The van der Waals surface area contributed by atoms with Crippen LogP contribution in [0, 0.1) is 6.92 Å². The third kappa shape index (κ3) is 5.48. The maximum absolute atomic E-state index is 11.2. The molecule has 2 heterocycles. The Morgan fingerprint density at radius 2 is 1.28 bits per heavy atom. The molecular formula is C43H41N3O. The number of nitrogens with zero attached hydrogens (tertiary/aromatic N) is 3. The van der Waals surface area contributed by atoms with Gasteiger partial charge in [0.2, 0.25) is 0 Å². The number of phenols is 1. The minimum Gasteiger partial charge on any atom is -0.507 e. The van der Waals surface area contributed by atoms with Crippen LogP contribution in [0.5, 0.6) is 5.75 Å². The van der Waals surface area contributed by atoms with Crippen LogP contribution in [0.3, 0.4) is 0 Å². The third-order valence-electron chi connectivity index (χ3n) is 9.22. The van der Waals surface area contributed by atoms with Crippen molar-refractivity contribution in [1.29, 1.82) is 0 Å². The van der Waals surface area contributed by atoms with E-state index in [0.29, 0.717) is 11.4 Å². The second kappa shape index (κ2) is 11.2. The van der Waals surface area contributed by atoms with Gasteiger partial charge in [0.15, 0.2) is 0 Å². The first-order chi connectivity index (χ1) is 22.4. The van der Waals surface area contributed by atoms with Gasteiger partial charge in [0.05, 0.1) is 22.1 Å². The molecule has 2 aromatic heterocycles. The average Bonchev–Trinajstić information content (AvgIpc) is 3.44. The summed E-state index contributed by atoms with van der Waals surface area (Å²) in [5, 5.41) is 12.4. The van der Waals surface area contributed by atoms with Crippen molar-refractivity contribution < 1.29 is 5.11 Å². The molecule has 234 valence electrons. The number of pyridine rings is 1. The van der Waals surface area contributed by atoms with Crippen LogP contribution in [-0.2, 0) is 10.8 Å². The molecule has 0 bridgehead atoms. The van der Waals surface area contributed by atoms with Crippen molar-refractivity contribution in [3.05, 3.63) is 132 Å². The van der Waals surface area contributed by atoms with Gasteiger partial charge in [-0.25, -0.2) is 4.98 Å². The number of aromatic nitrogens is 3. The highest BCUT2D eigenvalue weighted by Gasteiger charge is 2.23. The van der Waals surface area contributed by atoms with E-state index in [-0.39, 0.29) is 16.6 Å². The minimum atomic E-state index is -0.0838. The monoisotopic (exact) mass is 615 g/mol. The summed E-state index contributed by atoms with van der Waals surface area (Å²) < 4.78 is 2.16. The molecule has 4 nitrogen and oxygen atoms in total. The van der Waals surface area contributed by atoms with E-state index in [1.165, 1.54) is 16.5 Å². The first-order valence-corrected chi connectivity index (χ1v) is 16.3. The number of aromatic hydroxyl groups is 1. The molecule has 47 heavy (non-hydrogen) atoms. The fourth-order valence-electron chi connectivity index (χ4n) is 6.43. The van der Waals surface area contributed by atoms with Crippen LogP contribution in [0.4, 0.5) is 0 Å². The second-order valence-corrected chi connectivity index (χ2v) is 14.6. The standard InChI is InChI=1S/C43H41N3O/c1-27-21-22-44-39-34(27)25-31(43(5,6)7)26-35(39)29-14-11-13-28(23-29)33-17-12-18-37-40(33)45-41(46(37)32-15-9-8-10-16-32)36-24-30(42(2,3)4)19-20-38(36)47/h8-26,47H,1-7H3. The molecule has 0 unspecified atom stereocenters. The van der Waals surface area contributed by atoms with Gasteiger partial charge in [0.25, 0.3) is 0 Å². The number of phenolic OH excluding ortho intramolecular Hbond substituents is 1. The highest BCUT2D eigenvalue weighted by Crippen LogP contribution is 2.41. The Balaban J connectivity index is 1.47. The zero-order valence-corrected chi connectivity index (χ0v) is 28.3. The largest absolute Gasteiger partial charge is 0.507 e. The summed E-state index contributed by atoms with van der Waals surface area (Å²) in [4.78, 5) is 10.2. The number of benzene rings is 5. The molecule has 0 atom stereocenters. The Kier molecular flexibility index (Phi) is 7.28. The molecule has 4 heteroatoms. The van der Waals surface area contributed by atoms with Crippen molar-refractivity contribution >= 4 is 21.9 Å². The Hall–Kier alpha value is -5.22. The summed E-state index contributed by atoms with van der Waals surface area (Å²) >= 11 is 0. The topological polar surface area (TPSA) is 50.9 Å². The summed E-state index contributed by atoms with van der Waals surface area (Å²) in [5.41, 5.74) is 12.5. The lowest BCUT2D eigenvalue weighted by atomic mass is 9.83. The molecule has 0 saturated heterocycles. The predicted octanol–water partition coefficient (Wildman–Crippen LogP) is 11.2. The van der Waals surface area contributed by atoms with Crippen molar-refractivity contribution in [3.63, 3.8) is 0 Å². The van der Waals surface area contributed by atoms with E-state index in [9.17, 15) is 5.11 Å². The predicted molar refractivity (Wildman–Crippen MR) is 196 cm³/mol. The zero-order valence-electron chi connectivity index (χ0n) is 28.3. The van der Waals surface area contributed by atoms with E-state index in [1.807, 2.05) is 30.5 Å². The van der Waals surface area contributed by atoms with E-state index in [1.54, 1.807) is 6.07 Å². The highest BCUT2D eigenvalue weighted by atomic mass is 16.3. The van der Waals surface area contributed by atoms with Gasteiger partial charge in [-0.15, -0.1) is 0 Å². The number of rotatable bonds is 4. The molecule has 5 aromatic carbocycles. The molecule has 0 aliphatic rings. The van der Waals surface area contributed by atoms with E-state index < -0.39 is 0 Å². The number of hydrogen-bond donors (Lipinski definition) is 1. The highest BCUT2D eigenvalue weighted by molar-refractivity contribution is 5.99. The molecule has 7 rings (SSSR count). The number of aryl methyl sites for hydroxylation is 1. The first-order valence-electron chi connectivity index (χ1n) is 16.3. The van der Waals surface area contributed by atoms with Gasteiger partial charge in [-0.05, 0) is 100 Å². The molecule has 0 fully saturated rings. The lowest BCUT2D eigenvalue weighted by molar-refractivity contribution is 0.475. The summed E-state index contributed by atoms with van der Waals surface area (Å²) in [6.07, 6.45) is 1.91. The van der Waals surface area contributed by atoms with Crippen molar-refractivity contribution in [2.45, 2.75) is 59.3 Å². The van der Waals surface area contributed by atoms with Crippen LogP contribution in [0.1, 0.15) is 58.2 Å². The van der Waals surface area contributed by atoms with Crippen LogP contribution < -0.4 is 0 Å². The van der Waals surface area contributed by atoms with Crippen molar-refractivity contribution in [2.75, 3.05) is 0 Å². The molecule has 0 aliphatic heterocycles. The van der Waals surface area contributed by atoms with E-state index in [2.05, 4.69) is 132 Å². The lowest BCUT2D eigenvalue weighted by Gasteiger charge is -2.22. The van der Waals surface area contributed by atoms with Gasteiger partial charge in [0.1, 0.15) is 11.6 Å². The average molecular weight is 616 g/mol. The van der Waals surface area contributed by atoms with Gasteiger partial charge in [-0.1, -0.05) is 96.1 Å². The molecule has 0 spiro atoms. The van der Waals surface area contributed by atoms with Crippen molar-refractivity contribution in [1.82, 2.24) is 14.5 Å². The van der Waals surface area contributed by atoms with E-state index in [4.69, 9.17) is 9.97 Å². The summed E-state index contributed by atoms with van der Waals surface area (Å²) in [6, 6.07) is 37.9. The minimum absolute atomic E-state index is 0.00898. The Morgan fingerprint density at radius 1 is 0.596 bits per heavy atom. The van der Waals surface area contributed by atoms with E-state index >= 15 is 0 Å². The molecule has 0 aliphatic carbocycles. The quantitative estimate of drug-likeness (QED) is 0.214. The number of para-hydroxylation sites is 2. The van der Waals surface area contributed by atoms with Crippen molar-refractivity contribution in [3.8, 4) is 45.1 Å². The fourth-order valence-corrected chi connectivity index (χ4v) is 6.43. The van der Waals surface area contributed by atoms with Gasteiger partial charge >= 0.3 is 0 Å². The van der Waals surface area contributed by atoms with Gasteiger partial charge in [-0.3, -0.25) is 9.55 Å². The smallest absolute Gasteiger partial charge is 0.149 e. The SMILES string of the molecule is Cc1ccnc2c(-c3cccc(-c4cccc5c4nc(-c4cc(C(C)(C)C)ccc4O)n5-c4ccccc4)c3)cc(C(C)(C)C)cc12. The van der Waals surface area contributed by atoms with Crippen LogP contribution in [0.15, 0.2) is 115 Å². The molecule has 0 amide bonds. The number of hydrogen-bond acceptors (Lipinski definition) is 3. The van der Waals surface area contributed by atoms with Crippen molar-refractivity contribution in [2.24, 2.45) is 0 Å². The van der Waals surface area contributed by atoms with Gasteiger partial charge < -0.3 is 5.11 Å². The Morgan fingerprint density at radius 3 is 2.00 bits per heavy atom. The lowest BCUT2D eigenvalue weighted by Crippen LogP contribution is -2.11. The Bertz CT molecular complexity index is 2280. The normalized spacial score (nSPS) is 12.2. The summed E-state index contributed by atoms with van der Waals surface area (Å²) in [5.74, 6) is 0.921. The maximum atomic E-state index is 11.2. The molecule has 0 radical (unpaired) electrons. The first kappa shape index (κ1) is 30.4. The number of imidazole rings is 1. The van der Waals surface area contributed by atoms with Crippen LogP contribution in [-0.4, -0.2) is 19.6 Å². The maximum Gasteiger partial charge on any atom is 0.149 e. The number of fused-ring (bicyclic) bond motifs is 2. The van der Waals surface area contributed by atoms with Crippen LogP contribution >= 0.6 is 0 Å². The fraction of sp³-hybridized carbons (Fsp3) is 0.209. The molecular weight excluding hydrogens is 574 g/mol. The second-order valence-electron chi connectivity index (χ2n) is 14.6. The Labute approximate surface area is 277 Å². The van der Waals surface area contributed by atoms with Gasteiger partial charge in [0, 0.05) is 28.4 Å². The molecule has 0 saturated carbocycles. The molecule has 7 aromatic rings. The third-order valence-corrected chi connectivity index (χ3v) is 9.22. The zero-order chi connectivity index (χ0) is 33.1. The summed E-state index contributed by atoms with van der Waals surface area (Å²) in [6.45, 7) is 15.5.